The number of benzene rings is 1. The third-order valence-corrected chi connectivity index (χ3v) is 4.14. The van der Waals surface area contributed by atoms with Gasteiger partial charge in [0.1, 0.15) is 6.04 Å². The number of guanidine groups is 1. The molecule has 136 valence electrons. The smallest absolute Gasteiger partial charge is 0.352 e. The van der Waals surface area contributed by atoms with Gasteiger partial charge in [0, 0.05) is 39.8 Å². The molecule has 0 saturated carbocycles. The molecule has 1 aliphatic rings. The molecule has 2 rings (SSSR count). The van der Waals surface area contributed by atoms with E-state index in [2.05, 4.69) is 10.3 Å². The predicted molar refractivity (Wildman–Crippen MR) is 101 cm³/mol. The van der Waals surface area contributed by atoms with Gasteiger partial charge in [-0.05, 0) is 12.5 Å². The van der Waals surface area contributed by atoms with Crippen molar-refractivity contribution in [3.8, 4) is 0 Å². The van der Waals surface area contributed by atoms with Crippen molar-refractivity contribution in [3.63, 3.8) is 0 Å². The molecule has 0 aliphatic carbocycles. The fraction of sp³-hybridized carbons (Fsp3) is 0.562. The molecular weight excluding hydrogens is 432 g/mol. The Bertz CT molecular complexity index is 514. The summed E-state index contributed by atoms with van der Waals surface area (Å²) >= 11 is 0. The van der Waals surface area contributed by atoms with E-state index in [1.165, 1.54) is 11.8 Å². The molecule has 0 bridgehead atoms. The normalized spacial score (nSPS) is 18.0. The van der Waals surface area contributed by atoms with Crippen molar-refractivity contribution in [1.29, 1.82) is 0 Å². The number of hydrogen-bond acceptors (Lipinski definition) is 2. The second-order valence-corrected chi connectivity index (χ2v) is 5.63. The van der Waals surface area contributed by atoms with Gasteiger partial charge in [0.05, 0.1) is 0 Å². The molecule has 1 aromatic carbocycles. The minimum absolute atomic E-state index is 0. The fourth-order valence-corrected chi connectivity index (χ4v) is 2.64. The standard InChI is InChI=1S/C16H23F3N4.HI/c1-13(16(17,18)19)22-8-10-23(11-9-22)15(20-2)21-12-14-6-4-3-5-7-14;/h3-7,13H,8-12H2,1-2H3,(H,20,21);1H. The second-order valence-electron chi connectivity index (χ2n) is 5.63. The van der Waals surface area contributed by atoms with Gasteiger partial charge in [-0.2, -0.15) is 13.2 Å². The number of nitrogens with zero attached hydrogens (tertiary/aromatic N) is 3. The summed E-state index contributed by atoms with van der Waals surface area (Å²) in [6, 6.07) is 8.53. The van der Waals surface area contributed by atoms with Crippen molar-refractivity contribution >= 4 is 29.9 Å². The van der Waals surface area contributed by atoms with Gasteiger partial charge in [-0.1, -0.05) is 30.3 Å². The molecule has 1 unspecified atom stereocenters. The first-order chi connectivity index (χ1) is 10.9. The first-order valence-electron chi connectivity index (χ1n) is 7.72. The topological polar surface area (TPSA) is 30.9 Å². The van der Waals surface area contributed by atoms with Gasteiger partial charge in [0.25, 0.3) is 0 Å². The van der Waals surface area contributed by atoms with Crippen LogP contribution < -0.4 is 5.32 Å². The fourth-order valence-electron chi connectivity index (χ4n) is 2.64. The molecule has 0 spiro atoms. The van der Waals surface area contributed by atoms with Gasteiger partial charge >= 0.3 is 6.18 Å². The summed E-state index contributed by atoms with van der Waals surface area (Å²) in [5.41, 5.74) is 1.14. The maximum absolute atomic E-state index is 12.8. The predicted octanol–water partition coefficient (Wildman–Crippen LogP) is 2.95. The van der Waals surface area contributed by atoms with Crippen LogP contribution in [0.1, 0.15) is 12.5 Å². The number of hydrogen-bond donors (Lipinski definition) is 1. The van der Waals surface area contributed by atoms with Crippen LogP contribution in [0.2, 0.25) is 0 Å². The van der Waals surface area contributed by atoms with Crippen LogP contribution in [0.3, 0.4) is 0 Å². The monoisotopic (exact) mass is 456 g/mol. The summed E-state index contributed by atoms with van der Waals surface area (Å²) in [6.07, 6.45) is -4.17. The van der Waals surface area contributed by atoms with Crippen LogP contribution in [-0.4, -0.2) is 61.2 Å². The van der Waals surface area contributed by atoms with E-state index < -0.39 is 12.2 Å². The molecule has 8 heteroatoms. The van der Waals surface area contributed by atoms with Crippen molar-refractivity contribution in [1.82, 2.24) is 15.1 Å². The number of piperazine rings is 1. The lowest BCUT2D eigenvalue weighted by molar-refractivity contribution is -0.181. The number of aliphatic imine (C=N–C) groups is 1. The SMILES string of the molecule is CN=C(NCc1ccccc1)N1CCN(C(C)C(F)(F)F)CC1.I. The quantitative estimate of drug-likeness (QED) is 0.431. The number of rotatable bonds is 3. The van der Waals surface area contributed by atoms with Gasteiger partial charge in [0.2, 0.25) is 0 Å². The maximum Gasteiger partial charge on any atom is 0.403 e. The molecule has 0 amide bonds. The Morgan fingerprint density at radius 2 is 1.75 bits per heavy atom. The van der Waals surface area contributed by atoms with Crippen molar-refractivity contribution in [2.24, 2.45) is 4.99 Å². The minimum Gasteiger partial charge on any atom is -0.352 e. The van der Waals surface area contributed by atoms with E-state index in [1.54, 1.807) is 7.05 Å². The van der Waals surface area contributed by atoms with Gasteiger partial charge in [0.15, 0.2) is 5.96 Å². The Balaban J connectivity index is 0.00000288. The third-order valence-electron chi connectivity index (χ3n) is 4.14. The lowest BCUT2D eigenvalue weighted by atomic mass is 10.2. The van der Waals surface area contributed by atoms with Crippen LogP contribution in [-0.2, 0) is 6.54 Å². The molecule has 1 N–H and O–H groups in total. The number of halogens is 4. The third kappa shape index (κ3) is 5.80. The van der Waals surface area contributed by atoms with E-state index >= 15 is 0 Å². The molecule has 1 fully saturated rings. The average molecular weight is 456 g/mol. The van der Waals surface area contributed by atoms with E-state index in [9.17, 15) is 13.2 Å². The molecule has 4 nitrogen and oxygen atoms in total. The zero-order valence-corrected chi connectivity index (χ0v) is 16.2. The van der Waals surface area contributed by atoms with Crippen molar-refractivity contribution in [3.05, 3.63) is 35.9 Å². The average Bonchev–Trinajstić information content (AvgIpc) is 2.55. The molecule has 1 heterocycles. The van der Waals surface area contributed by atoms with E-state index in [-0.39, 0.29) is 24.0 Å². The Hall–Kier alpha value is -1.03. The maximum atomic E-state index is 12.8. The van der Waals surface area contributed by atoms with E-state index in [4.69, 9.17) is 0 Å². The zero-order chi connectivity index (χ0) is 16.9. The lowest BCUT2D eigenvalue weighted by Crippen LogP contribution is -2.56. The molecule has 1 aromatic rings. The van der Waals surface area contributed by atoms with Crippen LogP contribution in [0.4, 0.5) is 13.2 Å². The zero-order valence-electron chi connectivity index (χ0n) is 13.9. The molecular formula is C16H24F3IN4. The molecule has 0 aromatic heterocycles. The first-order valence-corrected chi connectivity index (χ1v) is 7.72. The number of nitrogens with one attached hydrogen (secondary N) is 1. The van der Waals surface area contributed by atoms with Crippen LogP contribution >= 0.6 is 24.0 Å². The molecule has 1 saturated heterocycles. The molecule has 1 atom stereocenters. The first kappa shape index (κ1) is 21.0. The van der Waals surface area contributed by atoms with Crippen molar-refractivity contribution < 1.29 is 13.2 Å². The summed E-state index contributed by atoms with van der Waals surface area (Å²) in [5, 5.41) is 3.26. The van der Waals surface area contributed by atoms with E-state index in [0.717, 1.165) is 11.5 Å². The highest BCUT2D eigenvalue weighted by Gasteiger charge is 2.41. The van der Waals surface area contributed by atoms with Gasteiger partial charge in [-0.25, -0.2) is 0 Å². The summed E-state index contributed by atoms with van der Waals surface area (Å²) in [5.74, 6) is 0.730. The van der Waals surface area contributed by atoms with Gasteiger partial charge in [-0.3, -0.25) is 9.89 Å². The van der Waals surface area contributed by atoms with Crippen molar-refractivity contribution in [2.75, 3.05) is 33.2 Å². The van der Waals surface area contributed by atoms with Gasteiger partial charge < -0.3 is 10.2 Å². The Morgan fingerprint density at radius 1 is 1.17 bits per heavy atom. The lowest BCUT2D eigenvalue weighted by Gasteiger charge is -2.39. The number of alkyl halides is 3. The molecule has 1 aliphatic heterocycles. The van der Waals surface area contributed by atoms with E-state index in [1.807, 2.05) is 35.2 Å². The van der Waals surface area contributed by atoms with Gasteiger partial charge in [-0.15, -0.1) is 24.0 Å². The summed E-state index contributed by atoms with van der Waals surface area (Å²) in [6.45, 7) is 3.70. The highest BCUT2D eigenvalue weighted by molar-refractivity contribution is 14.0. The Morgan fingerprint density at radius 3 is 2.25 bits per heavy atom. The Kier molecular flexibility index (Phi) is 8.28. The molecule has 0 radical (unpaired) electrons. The molecule has 24 heavy (non-hydrogen) atoms. The summed E-state index contributed by atoms with van der Waals surface area (Å²) < 4.78 is 38.3. The highest BCUT2D eigenvalue weighted by atomic mass is 127. The van der Waals surface area contributed by atoms with Crippen LogP contribution in [0.15, 0.2) is 35.3 Å². The summed E-state index contributed by atoms with van der Waals surface area (Å²) in [7, 11) is 1.69. The van der Waals surface area contributed by atoms with Crippen molar-refractivity contribution in [2.45, 2.75) is 25.7 Å². The van der Waals surface area contributed by atoms with E-state index in [0.29, 0.717) is 32.7 Å². The highest BCUT2D eigenvalue weighted by Crippen LogP contribution is 2.25. The summed E-state index contributed by atoms with van der Waals surface area (Å²) in [4.78, 5) is 7.71. The van der Waals surface area contributed by atoms with Crippen LogP contribution in [0, 0.1) is 0 Å². The minimum atomic E-state index is -4.17. The van der Waals surface area contributed by atoms with Crippen LogP contribution in [0.25, 0.3) is 0 Å². The second kappa shape index (κ2) is 9.45. The Labute approximate surface area is 158 Å². The largest absolute Gasteiger partial charge is 0.403 e. The van der Waals surface area contributed by atoms with Crippen LogP contribution in [0.5, 0.6) is 0 Å².